The first-order valence-corrected chi connectivity index (χ1v) is 7.46. The molecule has 1 aromatic carbocycles. The molecule has 18 heavy (non-hydrogen) atoms. The summed E-state index contributed by atoms with van der Waals surface area (Å²) in [7, 11) is -2.05. The molecule has 0 saturated carbocycles. The molecule has 1 unspecified atom stereocenters. The second-order valence-corrected chi connectivity index (χ2v) is 6.19. The van der Waals surface area contributed by atoms with E-state index in [1.165, 1.54) is 7.05 Å². The topological polar surface area (TPSA) is 81.4 Å². The predicted octanol–water partition coefficient (Wildman–Crippen LogP) is 0.939. The van der Waals surface area contributed by atoms with E-state index in [4.69, 9.17) is 10.5 Å². The standard InChI is InChI=1S/C12H18N2O3S/c1-3-8-6-9(18(15,16)14-2)7-10-11(13)4-5-17-12(8)10/h6-7,11,14H,3-5,13H2,1-2H3. The van der Waals surface area contributed by atoms with Crippen LogP contribution in [-0.2, 0) is 16.4 Å². The molecule has 5 nitrogen and oxygen atoms in total. The highest BCUT2D eigenvalue weighted by Crippen LogP contribution is 2.36. The summed E-state index contributed by atoms with van der Waals surface area (Å²) < 4.78 is 31.7. The van der Waals surface area contributed by atoms with Crippen LogP contribution in [-0.4, -0.2) is 22.1 Å². The quantitative estimate of drug-likeness (QED) is 0.856. The van der Waals surface area contributed by atoms with Crippen molar-refractivity contribution in [1.82, 2.24) is 4.72 Å². The minimum atomic E-state index is -3.45. The third-order valence-electron chi connectivity index (χ3n) is 3.20. The van der Waals surface area contributed by atoms with Gasteiger partial charge in [0.1, 0.15) is 5.75 Å². The SMILES string of the molecule is CCc1cc(S(=O)(=O)NC)cc2c1OCCC2N. The van der Waals surface area contributed by atoms with Gasteiger partial charge in [-0.15, -0.1) is 0 Å². The molecule has 2 rings (SSSR count). The summed E-state index contributed by atoms with van der Waals surface area (Å²) in [6.07, 6.45) is 1.42. The third kappa shape index (κ3) is 2.23. The molecule has 0 fully saturated rings. The highest BCUT2D eigenvalue weighted by molar-refractivity contribution is 7.89. The van der Waals surface area contributed by atoms with E-state index in [1.807, 2.05) is 6.92 Å². The monoisotopic (exact) mass is 270 g/mol. The number of sulfonamides is 1. The Balaban J connectivity index is 2.63. The summed E-state index contributed by atoms with van der Waals surface area (Å²) in [6.45, 7) is 2.55. The Labute approximate surface area is 107 Å². The van der Waals surface area contributed by atoms with Gasteiger partial charge in [-0.1, -0.05) is 6.92 Å². The number of benzene rings is 1. The fourth-order valence-electron chi connectivity index (χ4n) is 2.11. The van der Waals surface area contributed by atoms with Crippen molar-refractivity contribution in [2.24, 2.45) is 5.73 Å². The lowest BCUT2D eigenvalue weighted by Gasteiger charge is -2.25. The van der Waals surface area contributed by atoms with Crippen molar-refractivity contribution in [1.29, 1.82) is 0 Å². The largest absolute Gasteiger partial charge is 0.493 e. The van der Waals surface area contributed by atoms with Gasteiger partial charge in [0.05, 0.1) is 11.5 Å². The third-order valence-corrected chi connectivity index (χ3v) is 4.60. The fourth-order valence-corrected chi connectivity index (χ4v) is 2.93. The van der Waals surface area contributed by atoms with Gasteiger partial charge < -0.3 is 10.5 Å². The van der Waals surface area contributed by atoms with Crippen LogP contribution < -0.4 is 15.2 Å². The van der Waals surface area contributed by atoms with Crippen LogP contribution in [0.2, 0.25) is 0 Å². The molecule has 1 atom stereocenters. The van der Waals surface area contributed by atoms with Crippen LogP contribution in [0.3, 0.4) is 0 Å². The van der Waals surface area contributed by atoms with Gasteiger partial charge in [0.15, 0.2) is 0 Å². The summed E-state index contributed by atoms with van der Waals surface area (Å²) in [4.78, 5) is 0.251. The number of hydrogen-bond acceptors (Lipinski definition) is 4. The van der Waals surface area contributed by atoms with E-state index in [9.17, 15) is 8.42 Å². The lowest BCUT2D eigenvalue weighted by atomic mass is 9.97. The average molecular weight is 270 g/mol. The molecule has 0 saturated heterocycles. The smallest absolute Gasteiger partial charge is 0.240 e. The van der Waals surface area contributed by atoms with Crippen molar-refractivity contribution in [2.75, 3.05) is 13.7 Å². The number of fused-ring (bicyclic) bond motifs is 1. The molecule has 0 radical (unpaired) electrons. The van der Waals surface area contributed by atoms with Crippen molar-refractivity contribution >= 4 is 10.0 Å². The number of ether oxygens (including phenoxy) is 1. The number of nitrogens with two attached hydrogens (primary N) is 1. The van der Waals surface area contributed by atoms with Gasteiger partial charge >= 0.3 is 0 Å². The minimum absolute atomic E-state index is 0.161. The first kappa shape index (κ1) is 13.3. The Morgan fingerprint density at radius 1 is 1.50 bits per heavy atom. The average Bonchev–Trinajstić information content (AvgIpc) is 2.38. The molecule has 1 aliphatic heterocycles. The summed E-state index contributed by atoms with van der Waals surface area (Å²) in [5.74, 6) is 0.756. The van der Waals surface area contributed by atoms with Crippen molar-refractivity contribution in [3.63, 3.8) is 0 Å². The van der Waals surface area contributed by atoms with Crippen LogP contribution >= 0.6 is 0 Å². The second-order valence-electron chi connectivity index (χ2n) is 4.31. The normalized spacial score (nSPS) is 19.2. The Kier molecular flexibility index (Phi) is 3.61. The van der Waals surface area contributed by atoms with Gasteiger partial charge in [0.25, 0.3) is 0 Å². The zero-order valence-corrected chi connectivity index (χ0v) is 11.4. The molecule has 3 N–H and O–H groups in total. The van der Waals surface area contributed by atoms with Crippen LogP contribution in [0, 0.1) is 0 Å². The van der Waals surface area contributed by atoms with E-state index < -0.39 is 10.0 Å². The lowest BCUT2D eigenvalue weighted by Crippen LogP contribution is -2.24. The predicted molar refractivity (Wildman–Crippen MR) is 69.1 cm³/mol. The molecular formula is C12H18N2O3S. The van der Waals surface area contributed by atoms with Crippen LogP contribution in [0.15, 0.2) is 17.0 Å². The summed E-state index contributed by atoms with van der Waals surface area (Å²) in [5, 5.41) is 0. The van der Waals surface area contributed by atoms with Gasteiger partial charge in [-0.25, -0.2) is 13.1 Å². The molecule has 0 spiro atoms. The molecule has 0 amide bonds. The highest BCUT2D eigenvalue weighted by atomic mass is 32.2. The molecule has 0 aliphatic carbocycles. The Morgan fingerprint density at radius 3 is 2.83 bits per heavy atom. The van der Waals surface area contributed by atoms with Crippen LogP contribution in [0.25, 0.3) is 0 Å². The van der Waals surface area contributed by atoms with E-state index >= 15 is 0 Å². The maximum absolute atomic E-state index is 11.9. The van der Waals surface area contributed by atoms with Crippen molar-refractivity contribution < 1.29 is 13.2 Å². The van der Waals surface area contributed by atoms with E-state index in [2.05, 4.69) is 4.72 Å². The number of aryl methyl sites for hydroxylation is 1. The molecule has 0 bridgehead atoms. The van der Waals surface area contributed by atoms with Crippen LogP contribution in [0.5, 0.6) is 5.75 Å². The van der Waals surface area contributed by atoms with Gasteiger partial charge in [-0.3, -0.25) is 0 Å². The zero-order chi connectivity index (χ0) is 13.3. The maximum Gasteiger partial charge on any atom is 0.240 e. The lowest BCUT2D eigenvalue weighted by molar-refractivity contribution is 0.266. The van der Waals surface area contributed by atoms with E-state index in [1.54, 1.807) is 12.1 Å². The Hall–Kier alpha value is -1.11. The van der Waals surface area contributed by atoms with E-state index in [0.717, 1.165) is 16.9 Å². The fraction of sp³-hybridized carbons (Fsp3) is 0.500. The van der Waals surface area contributed by atoms with Gasteiger partial charge in [-0.2, -0.15) is 0 Å². The molecule has 1 heterocycles. The minimum Gasteiger partial charge on any atom is -0.493 e. The molecular weight excluding hydrogens is 252 g/mol. The zero-order valence-electron chi connectivity index (χ0n) is 10.6. The molecule has 6 heteroatoms. The number of rotatable bonds is 3. The van der Waals surface area contributed by atoms with Crippen LogP contribution in [0.1, 0.15) is 30.5 Å². The summed E-state index contributed by atoms with van der Waals surface area (Å²) >= 11 is 0. The molecule has 0 aromatic heterocycles. The summed E-state index contributed by atoms with van der Waals surface area (Å²) in [5.41, 5.74) is 7.70. The number of nitrogens with one attached hydrogen (secondary N) is 1. The Morgan fingerprint density at radius 2 is 2.22 bits per heavy atom. The Bertz CT molecular complexity index is 555. The van der Waals surface area contributed by atoms with Gasteiger partial charge in [0.2, 0.25) is 10.0 Å². The first-order valence-electron chi connectivity index (χ1n) is 5.98. The van der Waals surface area contributed by atoms with Gasteiger partial charge in [-0.05, 0) is 31.2 Å². The highest BCUT2D eigenvalue weighted by Gasteiger charge is 2.24. The number of hydrogen-bond donors (Lipinski definition) is 2. The maximum atomic E-state index is 11.9. The van der Waals surface area contributed by atoms with Crippen LogP contribution in [0.4, 0.5) is 0 Å². The van der Waals surface area contributed by atoms with E-state index in [0.29, 0.717) is 19.4 Å². The second kappa shape index (κ2) is 4.87. The summed E-state index contributed by atoms with van der Waals surface area (Å²) in [6, 6.07) is 3.11. The van der Waals surface area contributed by atoms with Crippen molar-refractivity contribution in [3.05, 3.63) is 23.3 Å². The molecule has 100 valence electrons. The van der Waals surface area contributed by atoms with E-state index in [-0.39, 0.29) is 10.9 Å². The molecule has 1 aromatic rings. The van der Waals surface area contributed by atoms with Gasteiger partial charge in [0, 0.05) is 18.0 Å². The first-order chi connectivity index (χ1) is 8.49. The van der Waals surface area contributed by atoms with Crippen molar-refractivity contribution in [2.45, 2.75) is 30.7 Å². The van der Waals surface area contributed by atoms with Crippen molar-refractivity contribution in [3.8, 4) is 5.75 Å². The molecule has 1 aliphatic rings.